The van der Waals surface area contributed by atoms with Crippen molar-refractivity contribution >= 4 is 118 Å². The molecule has 14 N–H and O–H groups in total. The van der Waals surface area contributed by atoms with Crippen LogP contribution in [0.5, 0.6) is 5.75 Å². The zero-order valence-electron chi connectivity index (χ0n) is 52.8. The van der Waals surface area contributed by atoms with Crippen molar-refractivity contribution < 1.29 is 96.5 Å². The Morgan fingerprint density at radius 3 is 1.74 bits per heavy atom. The number of aromatic amines is 1. The molecule has 0 saturated carbocycles. The number of carboxylic acids is 6. The first kappa shape index (κ1) is 79.0. The normalized spacial score (nSPS) is 14.7. The number of amides is 5. The number of anilines is 1. The summed E-state index contributed by atoms with van der Waals surface area (Å²) in [5.74, 6) is -11.3. The van der Waals surface area contributed by atoms with Gasteiger partial charge in [0.05, 0.1) is 55.3 Å². The molecule has 1 aliphatic rings. The largest absolute Gasteiger partial charge is 3.00 e. The molecule has 0 bridgehead atoms. The van der Waals surface area contributed by atoms with Crippen LogP contribution in [0.25, 0.3) is 10.9 Å². The van der Waals surface area contributed by atoms with Gasteiger partial charge >= 0.3 is 61.7 Å². The second-order valence-electron chi connectivity index (χ2n) is 22.3. The molecule has 3 atom stereocenters. The Hall–Kier alpha value is -8.49. The van der Waals surface area contributed by atoms with Gasteiger partial charge in [-0.25, -0.2) is 13.4 Å². The van der Waals surface area contributed by atoms with E-state index in [-0.39, 0.29) is 158 Å². The molecule has 1 unspecified atom stereocenters. The Bertz CT molecular complexity index is 3340. The Morgan fingerprint density at radius 1 is 0.621 bits per heavy atom. The Morgan fingerprint density at radius 2 is 1.19 bits per heavy atom. The van der Waals surface area contributed by atoms with E-state index in [0.29, 0.717) is 24.4 Å². The number of benzene rings is 2. The molecule has 95 heavy (non-hydrogen) atoms. The topological polar surface area (TPSA) is 496 Å². The summed E-state index contributed by atoms with van der Waals surface area (Å²) >= 11 is 0. The van der Waals surface area contributed by atoms with E-state index in [1.54, 1.807) is 61.1 Å². The first-order valence-corrected chi connectivity index (χ1v) is 31.7. The van der Waals surface area contributed by atoms with E-state index in [1.165, 1.54) is 26.0 Å². The molecule has 37 heteroatoms. The van der Waals surface area contributed by atoms with Crippen LogP contribution in [0.15, 0.2) is 53.8 Å². The first-order valence-electron chi connectivity index (χ1n) is 30.2. The second kappa shape index (κ2) is 40.0. The number of aryl methyl sites for hydroxylation is 3. The van der Waals surface area contributed by atoms with Gasteiger partial charge in [0, 0.05) is 134 Å². The summed E-state index contributed by atoms with van der Waals surface area (Å²) in [6, 6.07) is 4.50. The monoisotopic (exact) mass is 1460 g/mol. The molecule has 35 nitrogen and oxygen atoms in total. The fourth-order valence-electron chi connectivity index (χ4n) is 10.1. The Balaban J connectivity index is 0.0000192. The van der Waals surface area contributed by atoms with E-state index in [0.717, 1.165) is 11.9 Å². The Kier molecular flexibility index (Phi) is 33.3. The number of H-pyrrole nitrogens is 1. The standard InChI is InChI=1S/C58H83N15O20S.In/c1-37-27-42(28-38(2)53(37)94(91,92)68-44(57(89)90)32-65-54(86)39-6-9-45-41(29-39)31-66-73(45)17-4-12-61-58-62-15-16-63-58)93-26-3-5-46(74)59-13-14-60-56(88)43(8-11-49(78)79)67-55(87)40(7-10-48(76)77)30-64-47(75)33-69-18-20-70(34-50(80)81)22-24-72(36-52(84)85)25-23-71(21-19-69)35-51(82)83;/h6,9,15-16,27-29,31,40,43-44,68H,3-5,7-8,10-14,17-26,30,32-36H2,1-2H3,(H,59,74)(H,60,88)(H,64,75)(H,65,86)(H,67,87)(H,76,77)(H,78,79)(H,80,81)(H,82,83)(H,84,85)(H,89,90)(H2,61,62,63);/q;+3/t40-,43?,44+;/m1./s1. The van der Waals surface area contributed by atoms with Crippen molar-refractivity contribution in [2.75, 3.05) is 123 Å². The van der Waals surface area contributed by atoms with Crippen LogP contribution in [-0.2, 0) is 64.5 Å². The van der Waals surface area contributed by atoms with Gasteiger partial charge in [-0.15, -0.1) is 0 Å². The number of carbonyl (C=O) groups is 11. The van der Waals surface area contributed by atoms with Crippen LogP contribution in [-0.4, -0.2) is 300 Å². The van der Waals surface area contributed by atoms with Crippen LogP contribution in [0.2, 0.25) is 0 Å². The van der Waals surface area contributed by atoms with Crippen LogP contribution in [0, 0.1) is 19.8 Å². The minimum atomic E-state index is -4.49. The van der Waals surface area contributed by atoms with E-state index in [9.17, 15) is 91.8 Å². The molecule has 0 radical (unpaired) electrons. The minimum absolute atomic E-state index is 0. The minimum Gasteiger partial charge on any atom is -0.494 e. The zero-order chi connectivity index (χ0) is 68.9. The van der Waals surface area contributed by atoms with Crippen molar-refractivity contribution in [3.8, 4) is 5.75 Å². The number of rotatable bonds is 39. The van der Waals surface area contributed by atoms with Crippen LogP contribution in [0.1, 0.15) is 66.4 Å². The number of fused-ring (bicyclic) bond motifs is 1. The summed E-state index contributed by atoms with van der Waals surface area (Å²) in [7, 11) is -4.49. The predicted molar refractivity (Wildman–Crippen MR) is 339 cm³/mol. The van der Waals surface area contributed by atoms with Gasteiger partial charge in [0.15, 0.2) is 5.95 Å². The van der Waals surface area contributed by atoms with Crippen molar-refractivity contribution in [2.24, 2.45) is 5.92 Å². The smallest absolute Gasteiger partial charge is 0.494 e. The van der Waals surface area contributed by atoms with Crippen molar-refractivity contribution in [1.29, 1.82) is 0 Å². The molecule has 0 spiro atoms. The molecular weight excluding hydrogens is 1370 g/mol. The Labute approximate surface area is 565 Å². The summed E-state index contributed by atoms with van der Waals surface area (Å²) < 4.78 is 37.1. The van der Waals surface area contributed by atoms with Crippen molar-refractivity contribution in [3.63, 3.8) is 0 Å². The molecule has 3 heterocycles. The number of nitrogens with zero attached hydrogens (tertiary/aromatic N) is 7. The fourth-order valence-corrected chi connectivity index (χ4v) is 11.7. The van der Waals surface area contributed by atoms with Crippen LogP contribution in [0.4, 0.5) is 5.95 Å². The van der Waals surface area contributed by atoms with Crippen molar-refractivity contribution in [2.45, 2.75) is 82.3 Å². The molecular formula is C58H83InN15O20S+3. The summed E-state index contributed by atoms with van der Waals surface area (Å²) in [5.41, 5.74) is 1.39. The number of carboxylic acid groups (broad SMARTS) is 6. The van der Waals surface area contributed by atoms with E-state index in [1.807, 2.05) is 0 Å². The van der Waals surface area contributed by atoms with E-state index < -0.39 is 139 Å². The second-order valence-corrected chi connectivity index (χ2v) is 23.9. The molecule has 1 fully saturated rings. The molecule has 4 aromatic rings. The van der Waals surface area contributed by atoms with Gasteiger partial charge in [-0.3, -0.25) is 77.0 Å². The molecule has 1 saturated heterocycles. The van der Waals surface area contributed by atoms with Gasteiger partial charge in [0.2, 0.25) is 33.7 Å². The van der Waals surface area contributed by atoms with Gasteiger partial charge in [-0.05, 0) is 81.0 Å². The third-order valence-corrected chi connectivity index (χ3v) is 16.6. The van der Waals surface area contributed by atoms with E-state index in [2.05, 4.69) is 51.7 Å². The molecule has 516 valence electrons. The quantitative estimate of drug-likeness (QED) is 0.0205. The van der Waals surface area contributed by atoms with Gasteiger partial charge in [0.1, 0.15) is 17.8 Å². The number of sulfonamides is 1. The number of ether oxygens (including phenoxy) is 1. The molecule has 2 aromatic heterocycles. The summed E-state index contributed by atoms with van der Waals surface area (Å²) in [6.45, 7) is 2.42. The summed E-state index contributed by atoms with van der Waals surface area (Å²) in [4.78, 5) is 150. The third kappa shape index (κ3) is 28.6. The first-order chi connectivity index (χ1) is 44.6. The van der Waals surface area contributed by atoms with Gasteiger partial charge in [-0.1, -0.05) is 0 Å². The average Bonchev–Trinajstić information content (AvgIpc) is 1.35. The number of hydrogen-bond acceptors (Lipinski definition) is 21. The fraction of sp³-hybridized carbons (Fsp3) is 0.534. The molecule has 1 aliphatic heterocycles. The number of nitrogens with one attached hydrogen (secondary N) is 8. The maximum atomic E-state index is 13.7. The third-order valence-electron chi connectivity index (χ3n) is 14.8. The van der Waals surface area contributed by atoms with Crippen LogP contribution in [0.3, 0.4) is 0 Å². The number of aromatic nitrogens is 4. The predicted octanol–water partition coefficient (Wildman–Crippen LogP) is -2.53. The van der Waals surface area contributed by atoms with Crippen LogP contribution >= 0.6 is 0 Å². The number of hydrogen-bond donors (Lipinski definition) is 14. The molecule has 5 amide bonds. The maximum Gasteiger partial charge on any atom is 3.00 e. The van der Waals surface area contributed by atoms with Gasteiger partial charge in [-0.2, -0.15) is 9.82 Å². The van der Waals surface area contributed by atoms with Crippen molar-refractivity contribution in [1.82, 2.24) is 70.7 Å². The van der Waals surface area contributed by atoms with E-state index >= 15 is 0 Å². The summed E-state index contributed by atoms with van der Waals surface area (Å²) in [5, 5.41) is 78.3. The van der Waals surface area contributed by atoms with Gasteiger partial charge < -0.3 is 72.3 Å². The van der Waals surface area contributed by atoms with Gasteiger partial charge in [0.25, 0.3) is 5.91 Å². The average molecular weight is 1460 g/mol. The van der Waals surface area contributed by atoms with E-state index in [4.69, 9.17) is 4.74 Å². The number of carbonyl (C=O) groups excluding carboxylic acids is 5. The zero-order valence-corrected chi connectivity index (χ0v) is 56.9. The molecule has 0 aliphatic carbocycles. The summed E-state index contributed by atoms with van der Waals surface area (Å²) in [6.07, 6.45) is 3.96. The maximum absolute atomic E-state index is 13.7. The number of imidazole rings is 1. The SMILES string of the molecule is Cc1cc(OCCCC(=O)NCCNC(=O)C(CCC(=O)O)NC(=O)[C@H](CCC(=O)O)CNC(=O)CN2CCN(CC(=O)O)CCN(CC(=O)O)CCN(CC(=O)O)CC2)cc(C)c1S(=O)(=O)N[C@@H](CNC(=O)c1ccc2c(cnn2CCCNc2ncc[nH]2)c1)C(=O)O.[In+3]. The molecule has 5 rings (SSSR count). The van der Waals surface area contributed by atoms with Crippen molar-refractivity contribution in [3.05, 3.63) is 65.6 Å². The number of aliphatic carboxylic acids is 6. The molecule has 2 aromatic carbocycles. The van der Waals surface area contributed by atoms with Crippen LogP contribution < -0.4 is 41.4 Å².